The summed E-state index contributed by atoms with van der Waals surface area (Å²) in [6, 6.07) is 12.0. The van der Waals surface area contributed by atoms with Crippen LogP contribution in [0.15, 0.2) is 41.5 Å². The maximum absolute atomic E-state index is 10.3. The zero-order valence-electron chi connectivity index (χ0n) is 12.2. The molecule has 0 saturated carbocycles. The molecule has 1 fully saturated rings. The quantitative estimate of drug-likeness (QED) is 0.691. The van der Waals surface area contributed by atoms with Gasteiger partial charge >= 0.3 is 0 Å². The normalized spacial score (nSPS) is 16.3. The number of aliphatic hydroxyl groups is 1. The monoisotopic (exact) mass is 311 g/mol. The van der Waals surface area contributed by atoms with Crippen LogP contribution in [0.5, 0.6) is 0 Å². The van der Waals surface area contributed by atoms with Crippen molar-refractivity contribution >= 4 is 16.9 Å². The lowest BCUT2D eigenvalue weighted by molar-refractivity contribution is 0.293. The summed E-state index contributed by atoms with van der Waals surface area (Å²) in [6.45, 7) is 2.40. The molecule has 1 saturated heterocycles. The van der Waals surface area contributed by atoms with E-state index in [9.17, 15) is 10.4 Å². The van der Waals surface area contributed by atoms with Crippen molar-refractivity contribution in [3.05, 3.63) is 46.5 Å². The van der Waals surface area contributed by atoms with E-state index in [1.807, 2.05) is 35.7 Å². The molecule has 112 valence electrons. The van der Waals surface area contributed by atoms with Gasteiger partial charge in [-0.25, -0.2) is 4.98 Å². The molecule has 2 heterocycles. The Morgan fingerprint density at radius 3 is 2.68 bits per heavy atom. The van der Waals surface area contributed by atoms with Crippen molar-refractivity contribution in [2.24, 2.45) is 0 Å². The number of likely N-dealkylation sites (tertiary alicyclic amines) is 1. The first-order chi connectivity index (χ1) is 10.8. The SMILES string of the molecule is N#C/C(=C(/O)CN1CCCC1)c1nc(-c2ccccc2)cs1. The van der Waals surface area contributed by atoms with Gasteiger partial charge in [0.1, 0.15) is 22.4 Å². The van der Waals surface area contributed by atoms with Crippen LogP contribution < -0.4 is 0 Å². The van der Waals surface area contributed by atoms with Crippen molar-refractivity contribution < 1.29 is 5.11 Å². The Bertz CT molecular complexity index is 709. The molecule has 22 heavy (non-hydrogen) atoms. The number of rotatable bonds is 4. The number of hydrogen-bond donors (Lipinski definition) is 1. The average Bonchev–Trinajstić information content (AvgIpc) is 3.21. The van der Waals surface area contributed by atoms with Gasteiger partial charge in [0, 0.05) is 10.9 Å². The Morgan fingerprint density at radius 1 is 1.27 bits per heavy atom. The Morgan fingerprint density at radius 2 is 2.00 bits per heavy atom. The fourth-order valence-corrected chi connectivity index (χ4v) is 3.44. The average molecular weight is 311 g/mol. The summed E-state index contributed by atoms with van der Waals surface area (Å²) in [6.07, 6.45) is 2.31. The minimum Gasteiger partial charge on any atom is -0.509 e. The van der Waals surface area contributed by atoms with Crippen molar-refractivity contribution in [2.75, 3.05) is 19.6 Å². The van der Waals surface area contributed by atoms with E-state index in [0.717, 1.165) is 37.2 Å². The first-order valence-corrected chi connectivity index (χ1v) is 8.22. The van der Waals surface area contributed by atoms with E-state index in [1.165, 1.54) is 11.3 Å². The number of nitriles is 1. The summed E-state index contributed by atoms with van der Waals surface area (Å²) < 4.78 is 0. The maximum atomic E-state index is 10.3. The van der Waals surface area contributed by atoms with Gasteiger partial charge in [0.25, 0.3) is 0 Å². The first-order valence-electron chi connectivity index (χ1n) is 7.34. The number of aliphatic hydroxyl groups excluding tert-OH is 1. The molecule has 1 aliphatic rings. The third-order valence-corrected chi connectivity index (χ3v) is 4.62. The van der Waals surface area contributed by atoms with Crippen molar-refractivity contribution in [2.45, 2.75) is 12.8 Å². The zero-order chi connectivity index (χ0) is 15.4. The number of nitrogens with zero attached hydrogens (tertiary/aromatic N) is 3. The third-order valence-electron chi connectivity index (χ3n) is 3.76. The highest BCUT2D eigenvalue weighted by atomic mass is 32.1. The second kappa shape index (κ2) is 6.73. The number of allylic oxidation sites excluding steroid dienone is 1. The van der Waals surface area contributed by atoms with E-state index in [-0.39, 0.29) is 5.76 Å². The van der Waals surface area contributed by atoms with Crippen LogP contribution in [0.1, 0.15) is 17.8 Å². The molecule has 0 bridgehead atoms. The highest BCUT2D eigenvalue weighted by Crippen LogP contribution is 2.27. The molecule has 3 rings (SSSR count). The van der Waals surface area contributed by atoms with Crippen LogP contribution in [0.3, 0.4) is 0 Å². The molecule has 0 atom stereocenters. The molecule has 1 N–H and O–H groups in total. The summed E-state index contributed by atoms with van der Waals surface area (Å²) in [4.78, 5) is 6.67. The van der Waals surface area contributed by atoms with E-state index < -0.39 is 0 Å². The van der Waals surface area contributed by atoms with Crippen LogP contribution in [0.25, 0.3) is 16.8 Å². The molecule has 2 aromatic rings. The summed E-state index contributed by atoms with van der Waals surface area (Å²) in [7, 11) is 0. The second-order valence-corrected chi connectivity index (χ2v) is 6.18. The molecular formula is C17H17N3OS. The van der Waals surface area contributed by atoms with Gasteiger partial charge in [0.15, 0.2) is 0 Å². The van der Waals surface area contributed by atoms with Gasteiger partial charge in [-0.05, 0) is 25.9 Å². The Balaban J connectivity index is 1.85. The van der Waals surface area contributed by atoms with Crippen LogP contribution in [0.4, 0.5) is 0 Å². The number of aromatic nitrogens is 1. The van der Waals surface area contributed by atoms with Gasteiger partial charge in [0.2, 0.25) is 0 Å². The molecule has 0 aliphatic carbocycles. The fourth-order valence-electron chi connectivity index (χ4n) is 2.60. The molecule has 1 aliphatic heterocycles. The molecule has 0 amide bonds. The van der Waals surface area contributed by atoms with Crippen LogP contribution in [0.2, 0.25) is 0 Å². The molecule has 5 heteroatoms. The van der Waals surface area contributed by atoms with E-state index in [2.05, 4.69) is 16.0 Å². The number of hydrogen-bond acceptors (Lipinski definition) is 5. The van der Waals surface area contributed by atoms with Crippen LogP contribution >= 0.6 is 11.3 Å². The highest BCUT2D eigenvalue weighted by Gasteiger charge is 2.18. The van der Waals surface area contributed by atoms with Crippen molar-refractivity contribution in [1.29, 1.82) is 5.26 Å². The molecule has 1 aromatic heterocycles. The molecule has 0 spiro atoms. The largest absolute Gasteiger partial charge is 0.509 e. The van der Waals surface area contributed by atoms with Crippen molar-refractivity contribution in [3.63, 3.8) is 0 Å². The number of thiazole rings is 1. The standard InChI is InChI=1S/C17H17N3OS/c18-10-14(16(21)11-20-8-4-5-9-20)17-19-15(12-22-17)13-6-2-1-3-7-13/h1-3,6-7,12,21H,4-5,8-9,11H2/b16-14-. The lowest BCUT2D eigenvalue weighted by atomic mass is 10.2. The highest BCUT2D eigenvalue weighted by molar-refractivity contribution is 7.11. The first kappa shape index (κ1) is 14.8. The summed E-state index contributed by atoms with van der Waals surface area (Å²) in [5.74, 6) is 0.123. The number of benzene rings is 1. The third kappa shape index (κ3) is 3.19. The van der Waals surface area contributed by atoms with Gasteiger partial charge in [-0.3, -0.25) is 4.90 Å². The lowest BCUT2D eigenvalue weighted by Crippen LogP contribution is -2.22. The van der Waals surface area contributed by atoms with E-state index in [1.54, 1.807) is 0 Å². The summed E-state index contributed by atoms with van der Waals surface area (Å²) in [5, 5.41) is 22.2. The summed E-state index contributed by atoms with van der Waals surface area (Å²) in [5.41, 5.74) is 2.14. The smallest absolute Gasteiger partial charge is 0.138 e. The maximum Gasteiger partial charge on any atom is 0.138 e. The van der Waals surface area contributed by atoms with Crippen LogP contribution in [-0.2, 0) is 0 Å². The van der Waals surface area contributed by atoms with Crippen molar-refractivity contribution in [1.82, 2.24) is 9.88 Å². The Hall–Kier alpha value is -2.16. The van der Waals surface area contributed by atoms with Crippen LogP contribution in [0, 0.1) is 11.3 Å². The predicted molar refractivity (Wildman–Crippen MR) is 88.4 cm³/mol. The zero-order valence-corrected chi connectivity index (χ0v) is 13.0. The molecule has 4 nitrogen and oxygen atoms in total. The molecule has 0 radical (unpaired) electrons. The van der Waals surface area contributed by atoms with Gasteiger partial charge < -0.3 is 5.11 Å². The topological polar surface area (TPSA) is 60.1 Å². The van der Waals surface area contributed by atoms with Gasteiger partial charge in [-0.15, -0.1) is 11.3 Å². The Labute approximate surface area is 134 Å². The van der Waals surface area contributed by atoms with E-state index in [4.69, 9.17) is 0 Å². The van der Waals surface area contributed by atoms with Gasteiger partial charge in [0.05, 0.1) is 12.2 Å². The van der Waals surface area contributed by atoms with E-state index >= 15 is 0 Å². The second-order valence-electron chi connectivity index (χ2n) is 5.32. The Kier molecular flexibility index (Phi) is 4.52. The van der Waals surface area contributed by atoms with Crippen LogP contribution in [-0.4, -0.2) is 34.6 Å². The fraction of sp³-hybridized carbons (Fsp3) is 0.294. The molecular weight excluding hydrogens is 294 g/mol. The molecule has 0 unspecified atom stereocenters. The summed E-state index contributed by atoms with van der Waals surface area (Å²) >= 11 is 1.39. The predicted octanol–water partition coefficient (Wildman–Crippen LogP) is 3.70. The van der Waals surface area contributed by atoms with Gasteiger partial charge in [-0.1, -0.05) is 30.3 Å². The minimum absolute atomic E-state index is 0.123. The van der Waals surface area contributed by atoms with E-state index in [0.29, 0.717) is 17.1 Å². The minimum atomic E-state index is 0.123. The molecule has 1 aromatic carbocycles. The van der Waals surface area contributed by atoms with Gasteiger partial charge in [-0.2, -0.15) is 5.26 Å². The lowest BCUT2D eigenvalue weighted by Gasteiger charge is -2.14. The van der Waals surface area contributed by atoms with Crippen molar-refractivity contribution in [3.8, 4) is 17.3 Å².